The van der Waals surface area contributed by atoms with E-state index in [1.165, 1.54) is 0 Å². The molecule has 0 radical (unpaired) electrons. The number of aromatic nitrogens is 1. The Kier molecular flexibility index (Phi) is 4.47. The van der Waals surface area contributed by atoms with E-state index in [0.29, 0.717) is 34.4 Å². The second-order valence-corrected chi connectivity index (χ2v) is 6.27. The lowest BCUT2D eigenvalue weighted by atomic mass is 10.1. The van der Waals surface area contributed by atoms with Gasteiger partial charge in [-0.05, 0) is 33.6 Å². The van der Waals surface area contributed by atoms with Crippen LogP contribution in [0.5, 0.6) is 5.75 Å². The monoisotopic (exact) mass is 400 g/mol. The van der Waals surface area contributed by atoms with E-state index in [1.807, 2.05) is 0 Å². The van der Waals surface area contributed by atoms with Gasteiger partial charge in [0.15, 0.2) is 11.4 Å². The van der Waals surface area contributed by atoms with Gasteiger partial charge in [-0.3, -0.25) is 0 Å². The zero-order valence-corrected chi connectivity index (χ0v) is 14.4. The summed E-state index contributed by atoms with van der Waals surface area (Å²) < 4.78 is 12.0. The van der Waals surface area contributed by atoms with E-state index in [9.17, 15) is 0 Å². The van der Waals surface area contributed by atoms with Crippen LogP contribution in [0.1, 0.15) is 5.56 Å². The van der Waals surface area contributed by atoms with Gasteiger partial charge in [0.1, 0.15) is 6.26 Å². The lowest BCUT2D eigenvalue weighted by Gasteiger charge is -2.10. The van der Waals surface area contributed by atoms with Crippen molar-refractivity contribution in [3.8, 4) is 5.75 Å². The fourth-order valence-corrected chi connectivity index (χ4v) is 3.08. The standard InChI is InChI=1S/C15H11BrCl2N2O2/c16-10-7-22-13-9(10)6-20-15(19)14(13)21-5-4-8-11(17)2-1-3-12(8)18/h1-3,6-7H,4-5H2,(H2,19,20). The van der Waals surface area contributed by atoms with E-state index >= 15 is 0 Å². The normalized spacial score (nSPS) is 11.0. The number of ether oxygens (including phenoxy) is 1. The Balaban J connectivity index is 1.81. The third kappa shape index (κ3) is 2.89. The van der Waals surface area contributed by atoms with Crippen LogP contribution in [0.4, 0.5) is 5.82 Å². The van der Waals surface area contributed by atoms with Crippen LogP contribution in [-0.4, -0.2) is 11.6 Å². The molecule has 0 aliphatic heterocycles. The molecule has 0 spiro atoms. The first kappa shape index (κ1) is 15.5. The summed E-state index contributed by atoms with van der Waals surface area (Å²) in [5, 5.41) is 2.03. The summed E-state index contributed by atoms with van der Waals surface area (Å²) in [4.78, 5) is 4.11. The van der Waals surface area contributed by atoms with Crippen LogP contribution in [0.15, 0.2) is 39.5 Å². The Morgan fingerprint density at radius 2 is 2.00 bits per heavy atom. The number of hydrogen-bond acceptors (Lipinski definition) is 4. The molecule has 0 aliphatic rings. The number of nitrogens with two attached hydrogens (primary N) is 1. The van der Waals surface area contributed by atoms with Gasteiger partial charge in [0.25, 0.3) is 0 Å². The van der Waals surface area contributed by atoms with E-state index in [-0.39, 0.29) is 5.82 Å². The predicted molar refractivity (Wildman–Crippen MR) is 91.8 cm³/mol. The van der Waals surface area contributed by atoms with Crippen molar-refractivity contribution in [3.63, 3.8) is 0 Å². The maximum Gasteiger partial charge on any atom is 0.205 e. The van der Waals surface area contributed by atoms with Crippen LogP contribution in [0.2, 0.25) is 10.0 Å². The van der Waals surface area contributed by atoms with E-state index in [4.69, 9.17) is 38.1 Å². The SMILES string of the molecule is Nc1ncc2c(Br)coc2c1OCCc1c(Cl)cccc1Cl. The molecule has 2 aromatic heterocycles. The first-order valence-electron chi connectivity index (χ1n) is 6.44. The quantitative estimate of drug-likeness (QED) is 0.660. The zero-order valence-electron chi connectivity index (χ0n) is 11.3. The summed E-state index contributed by atoms with van der Waals surface area (Å²) >= 11 is 15.7. The molecule has 0 bridgehead atoms. The molecular weight excluding hydrogens is 391 g/mol. The molecule has 1 aromatic carbocycles. The van der Waals surface area contributed by atoms with Gasteiger partial charge in [-0.25, -0.2) is 4.98 Å². The number of halogens is 3. The molecular formula is C15H11BrCl2N2O2. The highest BCUT2D eigenvalue weighted by Crippen LogP contribution is 2.35. The maximum atomic E-state index is 6.14. The highest BCUT2D eigenvalue weighted by molar-refractivity contribution is 9.10. The number of benzene rings is 1. The average molecular weight is 402 g/mol. The van der Waals surface area contributed by atoms with Gasteiger partial charge in [-0.2, -0.15) is 0 Å². The number of nitrogen functional groups attached to an aromatic ring is 1. The minimum Gasteiger partial charge on any atom is -0.486 e. The predicted octanol–water partition coefficient (Wildman–Crippen LogP) is 5.10. The average Bonchev–Trinajstić information content (AvgIpc) is 2.86. The van der Waals surface area contributed by atoms with E-state index in [0.717, 1.165) is 15.4 Å². The highest BCUT2D eigenvalue weighted by atomic mass is 79.9. The smallest absolute Gasteiger partial charge is 0.205 e. The van der Waals surface area contributed by atoms with Crippen LogP contribution >= 0.6 is 39.1 Å². The fourth-order valence-electron chi connectivity index (χ4n) is 2.12. The molecule has 3 rings (SSSR count). The molecule has 3 aromatic rings. The van der Waals surface area contributed by atoms with Gasteiger partial charge in [-0.15, -0.1) is 0 Å². The Bertz CT molecular complexity index is 816. The maximum absolute atomic E-state index is 6.14. The van der Waals surface area contributed by atoms with Crippen molar-refractivity contribution < 1.29 is 9.15 Å². The lowest BCUT2D eigenvalue weighted by Crippen LogP contribution is -2.05. The lowest BCUT2D eigenvalue weighted by molar-refractivity contribution is 0.321. The summed E-state index contributed by atoms with van der Waals surface area (Å²) in [5.74, 6) is 0.700. The summed E-state index contributed by atoms with van der Waals surface area (Å²) in [6.07, 6.45) is 3.76. The summed E-state index contributed by atoms with van der Waals surface area (Å²) in [6.45, 7) is 0.354. The van der Waals surface area contributed by atoms with Crippen molar-refractivity contribution in [2.24, 2.45) is 0 Å². The van der Waals surface area contributed by atoms with Crippen molar-refractivity contribution in [2.75, 3.05) is 12.3 Å². The summed E-state index contributed by atoms with van der Waals surface area (Å²) in [6, 6.07) is 5.39. The molecule has 0 amide bonds. The molecule has 4 nitrogen and oxygen atoms in total. The molecule has 0 fully saturated rings. The largest absolute Gasteiger partial charge is 0.486 e. The molecule has 7 heteroatoms. The molecule has 114 valence electrons. The van der Waals surface area contributed by atoms with Crippen molar-refractivity contribution in [1.82, 2.24) is 4.98 Å². The van der Waals surface area contributed by atoms with Gasteiger partial charge in [0.05, 0.1) is 16.5 Å². The number of hydrogen-bond donors (Lipinski definition) is 1. The molecule has 0 saturated heterocycles. The first-order chi connectivity index (χ1) is 10.6. The number of rotatable bonds is 4. The number of nitrogens with zero attached hydrogens (tertiary/aromatic N) is 1. The number of pyridine rings is 1. The third-order valence-corrected chi connectivity index (χ3v) is 4.54. The molecule has 0 unspecified atom stereocenters. The fraction of sp³-hybridized carbons (Fsp3) is 0.133. The zero-order chi connectivity index (χ0) is 15.7. The number of anilines is 1. The molecule has 0 saturated carbocycles. The Morgan fingerprint density at radius 3 is 2.73 bits per heavy atom. The van der Waals surface area contributed by atoms with Crippen molar-refractivity contribution in [1.29, 1.82) is 0 Å². The van der Waals surface area contributed by atoms with Crippen LogP contribution < -0.4 is 10.5 Å². The van der Waals surface area contributed by atoms with Crippen molar-refractivity contribution >= 4 is 55.9 Å². The number of fused-ring (bicyclic) bond motifs is 1. The van der Waals surface area contributed by atoms with Gasteiger partial charge in [0.2, 0.25) is 5.75 Å². The first-order valence-corrected chi connectivity index (χ1v) is 7.99. The Hall–Kier alpha value is -1.43. The van der Waals surface area contributed by atoms with E-state index in [2.05, 4.69) is 20.9 Å². The van der Waals surface area contributed by atoms with E-state index in [1.54, 1.807) is 30.7 Å². The Morgan fingerprint density at radius 1 is 1.27 bits per heavy atom. The van der Waals surface area contributed by atoms with Gasteiger partial charge in [0, 0.05) is 22.7 Å². The summed E-state index contributed by atoms with van der Waals surface area (Å²) in [5.41, 5.74) is 7.27. The topological polar surface area (TPSA) is 61.3 Å². The molecule has 2 heterocycles. The molecule has 0 atom stereocenters. The molecule has 22 heavy (non-hydrogen) atoms. The van der Waals surface area contributed by atoms with E-state index < -0.39 is 0 Å². The second kappa shape index (κ2) is 6.36. The second-order valence-electron chi connectivity index (χ2n) is 4.60. The third-order valence-electron chi connectivity index (χ3n) is 3.21. The van der Waals surface area contributed by atoms with Crippen LogP contribution in [-0.2, 0) is 6.42 Å². The Labute approximate surface area is 145 Å². The van der Waals surface area contributed by atoms with Crippen LogP contribution in [0.25, 0.3) is 11.0 Å². The summed E-state index contributed by atoms with van der Waals surface area (Å²) in [7, 11) is 0. The van der Waals surface area contributed by atoms with Crippen molar-refractivity contribution in [3.05, 3.63) is 50.7 Å². The number of furan rings is 1. The molecule has 2 N–H and O–H groups in total. The highest BCUT2D eigenvalue weighted by Gasteiger charge is 2.15. The minimum atomic E-state index is 0.277. The minimum absolute atomic E-state index is 0.277. The van der Waals surface area contributed by atoms with Gasteiger partial charge in [-0.1, -0.05) is 29.3 Å². The van der Waals surface area contributed by atoms with Gasteiger partial charge >= 0.3 is 0 Å². The van der Waals surface area contributed by atoms with Crippen LogP contribution in [0.3, 0.4) is 0 Å². The van der Waals surface area contributed by atoms with Crippen LogP contribution in [0, 0.1) is 0 Å². The van der Waals surface area contributed by atoms with Gasteiger partial charge < -0.3 is 14.9 Å². The van der Waals surface area contributed by atoms with Crippen molar-refractivity contribution in [2.45, 2.75) is 6.42 Å². The molecule has 0 aliphatic carbocycles.